The highest BCUT2D eigenvalue weighted by Crippen LogP contribution is 2.49. The molecule has 0 bridgehead atoms. The first-order chi connectivity index (χ1) is 15.6. The number of hydrogen-bond donors (Lipinski definition) is 3. The average Bonchev–Trinajstić information content (AvgIpc) is 3.16. The van der Waals surface area contributed by atoms with Gasteiger partial charge in [0.15, 0.2) is 11.5 Å². The van der Waals surface area contributed by atoms with Crippen molar-refractivity contribution in [2.45, 2.75) is 43.2 Å². The van der Waals surface area contributed by atoms with E-state index in [0.29, 0.717) is 12.6 Å². The normalized spacial score (nSPS) is 28.7. The minimum absolute atomic E-state index is 0.0376. The zero-order valence-electron chi connectivity index (χ0n) is 19.8. The third-order valence-electron chi connectivity index (χ3n) is 7.74. The van der Waals surface area contributed by atoms with Crippen LogP contribution in [0, 0.1) is 0 Å². The van der Waals surface area contributed by atoms with E-state index in [2.05, 4.69) is 44.9 Å². The minimum Gasteiger partial charge on any atom is -0.493 e. The minimum atomic E-state index is -0.0376. The van der Waals surface area contributed by atoms with Crippen molar-refractivity contribution in [3.8, 4) is 11.5 Å². The number of urea groups is 1. The molecule has 1 aromatic rings. The number of likely N-dealkylation sites (N-methyl/N-ethyl adjacent to an activating group) is 1. The van der Waals surface area contributed by atoms with E-state index in [0.717, 1.165) is 76.5 Å². The Labute approximate surface area is 192 Å². The van der Waals surface area contributed by atoms with Crippen molar-refractivity contribution in [1.29, 1.82) is 0 Å². The molecule has 8 nitrogen and oxygen atoms in total. The van der Waals surface area contributed by atoms with Gasteiger partial charge in [0.2, 0.25) is 0 Å². The summed E-state index contributed by atoms with van der Waals surface area (Å²) in [7, 11) is 5.58. The maximum absolute atomic E-state index is 12.5. The van der Waals surface area contributed by atoms with E-state index in [4.69, 9.17) is 9.47 Å². The number of rotatable bonds is 7. The van der Waals surface area contributed by atoms with Crippen molar-refractivity contribution >= 4 is 6.03 Å². The smallest absolute Gasteiger partial charge is 0.315 e. The summed E-state index contributed by atoms with van der Waals surface area (Å²) in [5, 5.41) is 9.67. The van der Waals surface area contributed by atoms with E-state index < -0.39 is 0 Å². The molecule has 2 aliphatic heterocycles. The number of methoxy groups -OCH3 is 2. The lowest BCUT2D eigenvalue weighted by atomic mass is 9.65. The van der Waals surface area contributed by atoms with E-state index in [9.17, 15) is 4.79 Å². The molecule has 2 saturated heterocycles. The van der Waals surface area contributed by atoms with E-state index in [1.54, 1.807) is 14.2 Å². The molecule has 3 N–H and O–H groups in total. The highest BCUT2D eigenvalue weighted by Gasteiger charge is 2.50. The third kappa shape index (κ3) is 4.82. The molecule has 3 fully saturated rings. The van der Waals surface area contributed by atoms with Gasteiger partial charge in [-0.3, -0.25) is 4.90 Å². The third-order valence-corrected chi connectivity index (χ3v) is 7.74. The van der Waals surface area contributed by atoms with Gasteiger partial charge in [-0.15, -0.1) is 0 Å². The van der Waals surface area contributed by atoms with Crippen molar-refractivity contribution < 1.29 is 14.3 Å². The van der Waals surface area contributed by atoms with E-state index >= 15 is 0 Å². The summed E-state index contributed by atoms with van der Waals surface area (Å²) in [5.41, 5.74) is 1.43. The van der Waals surface area contributed by atoms with E-state index in [1.165, 1.54) is 5.56 Å². The first-order valence-electron chi connectivity index (χ1n) is 12.0. The molecule has 1 saturated carbocycles. The molecule has 1 aliphatic carbocycles. The highest BCUT2D eigenvalue weighted by atomic mass is 16.5. The van der Waals surface area contributed by atoms with Gasteiger partial charge in [0.25, 0.3) is 0 Å². The Kier molecular flexibility index (Phi) is 7.43. The van der Waals surface area contributed by atoms with Crippen molar-refractivity contribution in [3.63, 3.8) is 0 Å². The van der Waals surface area contributed by atoms with Crippen LogP contribution in [-0.4, -0.2) is 95.0 Å². The van der Waals surface area contributed by atoms with Crippen molar-refractivity contribution in [2.24, 2.45) is 0 Å². The number of nitrogens with one attached hydrogen (secondary N) is 3. The number of nitrogens with zero attached hydrogens (tertiary/aromatic N) is 2. The van der Waals surface area contributed by atoms with Gasteiger partial charge in [-0.1, -0.05) is 6.07 Å². The van der Waals surface area contributed by atoms with Crippen LogP contribution in [0.15, 0.2) is 18.2 Å². The summed E-state index contributed by atoms with van der Waals surface area (Å²) in [6, 6.07) is 6.94. The summed E-state index contributed by atoms with van der Waals surface area (Å²) in [4.78, 5) is 17.4. The van der Waals surface area contributed by atoms with Gasteiger partial charge in [-0.2, -0.15) is 0 Å². The Balaban J connectivity index is 1.35. The first kappa shape index (κ1) is 23.1. The number of likely N-dealkylation sites (tertiary alicyclic amines) is 1. The Morgan fingerprint density at radius 1 is 1.16 bits per heavy atom. The number of carbonyl (C=O) groups excluding carboxylic acids is 1. The lowest BCUT2D eigenvalue weighted by Crippen LogP contribution is -2.53. The van der Waals surface area contributed by atoms with Crippen LogP contribution in [0.4, 0.5) is 4.79 Å². The van der Waals surface area contributed by atoms with Gasteiger partial charge in [0.1, 0.15) is 0 Å². The fraction of sp³-hybridized carbons (Fsp3) is 0.708. The highest BCUT2D eigenvalue weighted by molar-refractivity contribution is 5.74. The number of ether oxygens (including phenoxy) is 2. The molecule has 1 aromatic carbocycles. The standard InChI is InChI=1S/C24H39N5O3/c1-28-12-8-24(18-4-5-20(31-2)21(16-18)32-3)7-6-19(17-22(24)28)27-23(30)26-11-15-29-13-9-25-10-14-29/h4-5,16,19,22,25H,6-15,17H2,1-3H3,(H2,26,27,30). The predicted octanol–water partition coefficient (Wildman–Crippen LogP) is 1.40. The molecule has 0 spiro atoms. The molecule has 32 heavy (non-hydrogen) atoms. The summed E-state index contributed by atoms with van der Waals surface area (Å²) in [5.74, 6) is 1.56. The molecule has 178 valence electrons. The van der Waals surface area contributed by atoms with Gasteiger partial charge < -0.3 is 30.3 Å². The molecule has 2 amide bonds. The Morgan fingerprint density at radius 2 is 1.94 bits per heavy atom. The van der Waals surface area contributed by atoms with Crippen LogP contribution in [0.5, 0.6) is 11.5 Å². The molecule has 4 rings (SSSR count). The van der Waals surface area contributed by atoms with Crippen molar-refractivity contribution in [1.82, 2.24) is 25.8 Å². The maximum atomic E-state index is 12.5. The van der Waals surface area contributed by atoms with Crippen LogP contribution < -0.4 is 25.4 Å². The van der Waals surface area contributed by atoms with Crippen LogP contribution >= 0.6 is 0 Å². The quantitative estimate of drug-likeness (QED) is 0.589. The Morgan fingerprint density at radius 3 is 2.69 bits per heavy atom. The monoisotopic (exact) mass is 445 g/mol. The fourth-order valence-corrected chi connectivity index (χ4v) is 5.89. The summed E-state index contributed by atoms with van der Waals surface area (Å²) in [6.07, 6.45) is 4.15. The van der Waals surface area contributed by atoms with Crippen molar-refractivity contribution in [2.75, 3.05) is 67.1 Å². The molecule has 3 atom stereocenters. The number of benzene rings is 1. The molecule has 8 heteroatoms. The van der Waals surface area contributed by atoms with Gasteiger partial charge in [0, 0.05) is 56.8 Å². The zero-order chi connectivity index (χ0) is 22.6. The van der Waals surface area contributed by atoms with Gasteiger partial charge in [0.05, 0.1) is 14.2 Å². The molecule has 0 radical (unpaired) electrons. The average molecular weight is 446 g/mol. The lowest BCUT2D eigenvalue weighted by Gasteiger charge is -2.45. The topological polar surface area (TPSA) is 78.1 Å². The SMILES string of the molecule is COc1ccc(C23CCC(NC(=O)NCCN4CCNCC4)CC2N(C)CC3)cc1OC. The van der Waals surface area contributed by atoms with Crippen LogP contribution in [0.1, 0.15) is 31.2 Å². The van der Waals surface area contributed by atoms with Gasteiger partial charge >= 0.3 is 6.03 Å². The van der Waals surface area contributed by atoms with E-state index in [-0.39, 0.29) is 17.5 Å². The molecule has 0 aromatic heterocycles. The predicted molar refractivity (Wildman–Crippen MR) is 126 cm³/mol. The number of amides is 2. The van der Waals surface area contributed by atoms with Gasteiger partial charge in [-0.05, 0) is 57.0 Å². The van der Waals surface area contributed by atoms with E-state index in [1.807, 2.05) is 6.07 Å². The molecule has 3 aliphatic rings. The summed E-state index contributed by atoms with van der Waals surface area (Å²) >= 11 is 0. The second-order valence-electron chi connectivity index (χ2n) is 9.44. The number of piperazine rings is 1. The van der Waals surface area contributed by atoms with Crippen LogP contribution in [-0.2, 0) is 5.41 Å². The van der Waals surface area contributed by atoms with Crippen molar-refractivity contribution in [3.05, 3.63) is 23.8 Å². The van der Waals surface area contributed by atoms with Crippen LogP contribution in [0.2, 0.25) is 0 Å². The Hall–Kier alpha value is -2.03. The maximum Gasteiger partial charge on any atom is 0.315 e. The second-order valence-corrected chi connectivity index (χ2v) is 9.44. The Bertz CT molecular complexity index is 785. The first-order valence-corrected chi connectivity index (χ1v) is 12.0. The number of hydrogen-bond acceptors (Lipinski definition) is 6. The number of fused-ring (bicyclic) bond motifs is 1. The summed E-state index contributed by atoms with van der Waals surface area (Å²) < 4.78 is 11.0. The van der Waals surface area contributed by atoms with Crippen LogP contribution in [0.3, 0.4) is 0 Å². The molecular weight excluding hydrogens is 406 g/mol. The molecule has 3 unspecified atom stereocenters. The zero-order valence-corrected chi connectivity index (χ0v) is 19.8. The summed E-state index contributed by atoms with van der Waals surface area (Å²) in [6.45, 7) is 6.85. The fourth-order valence-electron chi connectivity index (χ4n) is 5.89. The number of carbonyl (C=O) groups is 1. The largest absolute Gasteiger partial charge is 0.493 e. The van der Waals surface area contributed by atoms with Crippen LogP contribution in [0.25, 0.3) is 0 Å². The lowest BCUT2D eigenvalue weighted by molar-refractivity contribution is 0.154. The second kappa shape index (κ2) is 10.3. The molecular formula is C24H39N5O3. The van der Waals surface area contributed by atoms with Gasteiger partial charge in [-0.25, -0.2) is 4.79 Å². The molecule has 2 heterocycles.